The van der Waals surface area contributed by atoms with Crippen molar-refractivity contribution in [1.82, 2.24) is 5.32 Å². The number of carbonyl (C=O) groups is 2. The van der Waals surface area contributed by atoms with E-state index < -0.39 is 17.8 Å². The summed E-state index contributed by atoms with van der Waals surface area (Å²) in [6, 6.07) is 5.11. The normalized spacial score (nSPS) is 23.2. The van der Waals surface area contributed by atoms with Crippen LogP contribution in [-0.4, -0.2) is 18.4 Å². The van der Waals surface area contributed by atoms with Crippen molar-refractivity contribution in [2.45, 2.75) is 32.1 Å². The molecule has 0 spiro atoms. The van der Waals surface area contributed by atoms with Crippen LogP contribution in [0.4, 0.5) is 0 Å². The van der Waals surface area contributed by atoms with E-state index in [1.54, 1.807) is 25.1 Å². The average molecular weight is 380 g/mol. The molecule has 1 heterocycles. The fourth-order valence-electron chi connectivity index (χ4n) is 3.59. The summed E-state index contributed by atoms with van der Waals surface area (Å²) in [6.45, 7) is 6.01. The maximum atomic E-state index is 12.7. The molecule has 1 aromatic rings. The van der Waals surface area contributed by atoms with Gasteiger partial charge in [-0.2, -0.15) is 0 Å². The van der Waals surface area contributed by atoms with E-state index in [1.165, 1.54) is 0 Å². The highest BCUT2D eigenvalue weighted by molar-refractivity contribution is 6.35. The first kappa shape index (κ1) is 18.0. The minimum absolute atomic E-state index is 0.0339. The lowest BCUT2D eigenvalue weighted by atomic mass is 9.71. The quantitative estimate of drug-likeness (QED) is 0.791. The second-order valence-electron chi connectivity index (χ2n) is 6.19. The standard InChI is InChI=1S/C19H19Cl2NO3/c1-3-25-19(24)16-10(2)22-14-5-4-6-15(23)18(14)17(16)12-8-7-11(20)9-13(12)21/h7-9,16-17,22H,2-6H2,1H3. The third-order valence-electron chi connectivity index (χ3n) is 4.63. The van der Waals surface area contributed by atoms with E-state index in [9.17, 15) is 9.59 Å². The van der Waals surface area contributed by atoms with Crippen LogP contribution in [-0.2, 0) is 14.3 Å². The number of nitrogens with one attached hydrogen (secondary N) is 1. The Kier molecular flexibility index (Phi) is 5.21. The molecule has 1 aromatic carbocycles. The van der Waals surface area contributed by atoms with Crippen molar-refractivity contribution in [1.29, 1.82) is 0 Å². The molecule has 0 fully saturated rings. The van der Waals surface area contributed by atoms with E-state index in [-0.39, 0.29) is 12.4 Å². The summed E-state index contributed by atoms with van der Waals surface area (Å²) < 4.78 is 5.24. The van der Waals surface area contributed by atoms with Gasteiger partial charge in [0.2, 0.25) is 0 Å². The fourth-order valence-corrected chi connectivity index (χ4v) is 4.12. The zero-order chi connectivity index (χ0) is 18.1. The molecule has 2 unspecified atom stereocenters. The van der Waals surface area contributed by atoms with E-state index in [0.717, 1.165) is 18.5 Å². The number of esters is 1. The highest BCUT2D eigenvalue weighted by Crippen LogP contribution is 2.46. The zero-order valence-corrected chi connectivity index (χ0v) is 15.4. The Morgan fingerprint density at radius 2 is 2.12 bits per heavy atom. The van der Waals surface area contributed by atoms with Gasteiger partial charge < -0.3 is 10.1 Å². The van der Waals surface area contributed by atoms with Gasteiger partial charge in [0.25, 0.3) is 0 Å². The number of carbonyl (C=O) groups excluding carboxylic acids is 2. The predicted octanol–water partition coefficient (Wildman–Crippen LogP) is 4.38. The fraction of sp³-hybridized carbons (Fsp3) is 0.368. The molecule has 2 atom stereocenters. The van der Waals surface area contributed by atoms with Gasteiger partial charge in [0.1, 0.15) is 5.92 Å². The van der Waals surface area contributed by atoms with Crippen molar-refractivity contribution < 1.29 is 14.3 Å². The Balaban J connectivity index is 2.18. The van der Waals surface area contributed by atoms with Crippen LogP contribution < -0.4 is 5.32 Å². The molecule has 1 aliphatic heterocycles. The first-order valence-electron chi connectivity index (χ1n) is 8.27. The number of hydrogen-bond donors (Lipinski definition) is 1. The Morgan fingerprint density at radius 1 is 1.36 bits per heavy atom. The van der Waals surface area contributed by atoms with E-state index in [2.05, 4.69) is 11.9 Å². The molecule has 4 nitrogen and oxygen atoms in total. The Labute approximate surface area is 156 Å². The van der Waals surface area contributed by atoms with Gasteiger partial charge in [0.05, 0.1) is 6.61 Å². The zero-order valence-electron chi connectivity index (χ0n) is 13.9. The second kappa shape index (κ2) is 7.22. The van der Waals surface area contributed by atoms with Gasteiger partial charge in [-0.05, 0) is 37.5 Å². The van der Waals surface area contributed by atoms with Crippen molar-refractivity contribution in [2.24, 2.45) is 5.92 Å². The molecule has 6 heteroatoms. The molecule has 0 aromatic heterocycles. The molecule has 0 saturated carbocycles. The summed E-state index contributed by atoms with van der Waals surface area (Å²) >= 11 is 12.4. The maximum Gasteiger partial charge on any atom is 0.315 e. The molecule has 3 rings (SSSR count). The molecular weight excluding hydrogens is 361 g/mol. The van der Waals surface area contributed by atoms with E-state index in [4.69, 9.17) is 27.9 Å². The third kappa shape index (κ3) is 3.33. The molecule has 0 amide bonds. The molecular formula is C19H19Cl2NO3. The van der Waals surface area contributed by atoms with Crippen LogP contribution in [0, 0.1) is 5.92 Å². The molecule has 132 valence electrons. The first-order chi connectivity index (χ1) is 11.9. The van der Waals surface area contributed by atoms with Crippen molar-refractivity contribution in [3.63, 3.8) is 0 Å². The summed E-state index contributed by atoms with van der Waals surface area (Å²) in [5.41, 5.74) is 2.66. The van der Waals surface area contributed by atoms with E-state index in [0.29, 0.717) is 33.3 Å². The SMILES string of the molecule is C=C1NC2=C(C(=O)CCC2)C(c2ccc(Cl)cc2Cl)C1C(=O)OCC. The van der Waals surface area contributed by atoms with Crippen LogP contribution in [0.25, 0.3) is 0 Å². The highest BCUT2D eigenvalue weighted by atomic mass is 35.5. The smallest absolute Gasteiger partial charge is 0.315 e. The topological polar surface area (TPSA) is 55.4 Å². The molecule has 0 radical (unpaired) electrons. The summed E-state index contributed by atoms with van der Waals surface area (Å²) in [5, 5.41) is 4.08. The predicted molar refractivity (Wildman–Crippen MR) is 97.5 cm³/mol. The average Bonchev–Trinajstić information content (AvgIpc) is 2.54. The summed E-state index contributed by atoms with van der Waals surface area (Å²) in [6.07, 6.45) is 1.99. The van der Waals surface area contributed by atoms with Crippen LogP contribution in [0.5, 0.6) is 0 Å². The number of hydrogen-bond acceptors (Lipinski definition) is 4. The van der Waals surface area contributed by atoms with E-state index >= 15 is 0 Å². The molecule has 1 N–H and O–H groups in total. The molecule has 25 heavy (non-hydrogen) atoms. The summed E-state index contributed by atoms with van der Waals surface area (Å²) in [5.74, 6) is -1.60. The molecule has 2 aliphatic rings. The number of Topliss-reactive ketones (excluding diaryl/α,β-unsaturated/α-hetero) is 1. The van der Waals surface area contributed by atoms with Crippen LogP contribution in [0.3, 0.4) is 0 Å². The van der Waals surface area contributed by atoms with Crippen molar-refractivity contribution in [3.8, 4) is 0 Å². The number of ketones is 1. The summed E-state index contributed by atoms with van der Waals surface area (Å²) in [7, 11) is 0. The van der Waals surface area contributed by atoms with Crippen molar-refractivity contribution in [2.75, 3.05) is 6.61 Å². The van der Waals surface area contributed by atoms with Gasteiger partial charge in [0.15, 0.2) is 5.78 Å². The largest absolute Gasteiger partial charge is 0.465 e. The van der Waals surface area contributed by atoms with Gasteiger partial charge in [-0.1, -0.05) is 35.8 Å². The number of allylic oxidation sites excluding steroid dienone is 2. The lowest BCUT2D eigenvalue weighted by Crippen LogP contribution is -2.41. The number of benzene rings is 1. The van der Waals surface area contributed by atoms with E-state index in [1.807, 2.05) is 0 Å². The molecule has 0 bridgehead atoms. The maximum absolute atomic E-state index is 12.7. The number of rotatable bonds is 3. The highest BCUT2D eigenvalue weighted by Gasteiger charge is 2.44. The van der Waals surface area contributed by atoms with Crippen LogP contribution in [0.1, 0.15) is 37.7 Å². The Hall–Kier alpha value is -1.78. The lowest BCUT2D eigenvalue weighted by molar-refractivity contribution is -0.147. The van der Waals surface area contributed by atoms with Crippen LogP contribution in [0.15, 0.2) is 41.7 Å². The number of halogens is 2. The Morgan fingerprint density at radius 3 is 2.80 bits per heavy atom. The summed E-state index contributed by atoms with van der Waals surface area (Å²) in [4.78, 5) is 25.3. The van der Waals surface area contributed by atoms with Crippen molar-refractivity contribution in [3.05, 3.63) is 57.4 Å². The van der Waals surface area contributed by atoms with Gasteiger partial charge in [-0.15, -0.1) is 0 Å². The third-order valence-corrected chi connectivity index (χ3v) is 5.19. The first-order valence-corrected chi connectivity index (χ1v) is 9.03. The lowest BCUT2D eigenvalue weighted by Gasteiger charge is -2.38. The molecule has 1 aliphatic carbocycles. The molecule has 0 saturated heterocycles. The minimum atomic E-state index is -0.709. The van der Waals surface area contributed by atoms with Gasteiger partial charge in [-0.3, -0.25) is 9.59 Å². The van der Waals surface area contributed by atoms with Gasteiger partial charge in [-0.25, -0.2) is 0 Å². The van der Waals surface area contributed by atoms with Crippen molar-refractivity contribution >= 4 is 35.0 Å². The van der Waals surface area contributed by atoms with Gasteiger partial charge in [0, 0.05) is 39.4 Å². The van der Waals surface area contributed by atoms with Crippen LogP contribution in [0.2, 0.25) is 10.0 Å². The number of ether oxygens (including phenoxy) is 1. The van der Waals surface area contributed by atoms with Crippen LogP contribution >= 0.6 is 23.2 Å². The Bertz CT molecular complexity index is 785. The second-order valence-corrected chi connectivity index (χ2v) is 7.04. The minimum Gasteiger partial charge on any atom is -0.465 e. The monoisotopic (exact) mass is 379 g/mol. The van der Waals surface area contributed by atoms with Gasteiger partial charge >= 0.3 is 5.97 Å².